The van der Waals surface area contributed by atoms with Crippen LogP contribution in [0.15, 0.2) is 78.9 Å². The van der Waals surface area contributed by atoms with Gasteiger partial charge in [0.1, 0.15) is 11.6 Å². The van der Waals surface area contributed by atoms with E-state index in [-0.39, 0.29) is 6.54 Å². The number of aromatic amines is 1. The topological polar surface area (TPSA) is 90.6 Å². The van der Waals surface area contributed by atoms with E-state index in [1.807, 2.05) is 66.7 Å². The van der Waals surface area contributed by atoms with Crippen molar-refractivity contribution in [2.45, 2.75) is 13.3 Å². The van der Waals surface area contributed by atoms with Crippen molar-refractivity contribution in [1.82, 2.24) is 19.0 Å². The predicted octanol–water partition coefficient (Wildman–Crippen LogP) is 4.26. The molecule has 0 unspecified atom stereocenters. The summed E-state index contributed by atoms with van der Waals surface area (Å²) in [5.74, 6) is 1.52. The number of imidazole rings is 1. The van der Waals surface area contributed by atoms with Crippen LogP contribution in [0, 0.1) is 6.92 Å². The Morgan fingerprint density at radius 2 is 1.58 bits per heavy atom. The molecule has 5 rings (SSSR count). The number of benzene rings is 3. The van der Waals surface area contributed by atoms with Gasteiger partial charge in [0, 0.05) is 56.0 Å². The third kappa shape index (κ3) is 5.75. The first-order chi connectivity index (χ1) is 18.4. The van der Waals surface area contributed by atoms with E-state index in [1.54, 1.807) is 7.11 Å². The van der Waals surface area contributed by atoms with Crippen molar-refractivity contribution in [2.75, 3.05) is 44.7 Å². The minimum Gasteiger partial charge on any atom is -0.497 e. The van der Waals surface area contributed by atoms with Gasteiger partial charge < -0.3 is 14.6 Å². The number of para-hydroxylation sites is 1. The lowest BCUT2D eigenvalue weighted by molar-refractivity contribution is 0.378. The molecule has 38 heavy (non-hydrogen) atoms. The fraction of sp³-hybridized carbons (Fsp3) is 0.276. The summed E-state index contributed by atoms with van der Waals surface area (Å²) in [6.45, 7) is 4.55. The molecule has 0 amide bonds. The number of anilines is 1. The van der Waals surface area contributed by atoms with Crippen molar-refractivity contribution in [3.05, 3.63) is 90.1 Å². The number of rotatable bonds is 9. The van der Waals surface area contributed by atoms with Crippen LogP contribution >= 0.6 is 0 Å². The van der Waals surface area contributed by atoms with Crippen LogP contribution in [0.1, 0.15) is 11.3 Å². The van der Waals surface area contributed by atoms with Crippen molar-refractivity contribution in [1.29, 1.82) is 0 Å². The molecule has 0 spiro atoms. The van der Waals surface area contributed by atoms with Gasteiger partial charge in [0.25, 0.3) is 10.2 Å². The van der Waals surface area contributed by atoms with Crippen molar-refractivity contribution < 1.29 is 13.2 Å². The lowest BCUT2D eigenvalue weighted by atomic mass is 10.1. The molecular formula is C29H33N5O3S. The number of aromatic nitrogens is 2. The molecule has 0 atom stereocenters. The highest BCUT2D eigenvalue weighted by molar-refractivity contribution is 7.87. The molecule has 3 aromatic carbocycles. The normalized spacial score (nSPS) is 14.5. The highest BCUT2D eigenvalue weighted by Gasteiger charge is 2.27. The van der Waals surface area contributed by atoms with Gasteiger partial charge in [0.05, 0.1) is 18.5 Å². The van der Waals surface area contributed by atoms with E-state index in [0.29, 0.717) is 32.6 Å². The lowest BCUT2D eigenvalue weighted by Crippen LogP contribution is -2.52. The summed E-state index contributed by atoms with van der Waals surface area (Å²) in [6, 6.07) is 25.9. The molecule has 1 aliphatic rings. The molecule has 1 saturated heterocycles. The first-order valence-corrected chi connectivity index (χ1v) is 14.2. The van der Waals surface area contributed by atoms with Gasteiger partial charge in [-0.05, 0) is 42.8 Å². The van der Waals surface area contributed by atoms with E-state index in [4.69, 9.17) is 9.72 Å². The smallest absolute Gasteiger partial charge is 0.279 e. The van der Waals surface area contributed by atoms with E-state index >= 15 is 0 Å². The van der Waals surface area contributed by atoms with Crippen LogP contribution in [0.3, 0.4) is 0 Å². The number of piperazine rings is 1. The lowest BCUT2D eigenvalue weighted by Gasteiger charge is -2.36. The van der Waals surface area contributed by atoms with E-state index in [9.17, 15) is 8.42 Å². The molecular weight excluding hydrogens is 498 g/mol. The molecule has 8 nitrogen and oxygen atoms in total. The van der Waals surface area contributed by atoms with Crippen LogP contribution < -0.4 is 14.4 Å². The number of hydrogen-bond acceptors (Lipinski definition) is 5. The number of aryl methyl sites for hydroxylation is 1. The van der Waals surface area contributed by atoms with Crippen LogP contribution in [-0.4, -0.2) is 62.5 Å². The fourth-order valence-corrected chi connectivity index (χ4v) is 5.98. The zero-order chi connectivity index (χ0) is 26.5. The number of H-pyrrole nitrogens is 1. The molecule has 2 heterocycles. The molecule has 9 heteroatoms. The van der Waals surface area contributed by atoms with E-state index in [2.05, 4.69) is 33.7 Å². The quantitative estimate of drug-likeness (QED) is 0.337. The Morgan fingerprint density at radius 3 is 2.26 bits per heavy atom. The van der Waals surface area contributed by atoms with Crippen molar-refractivity contribution in [2.24, 2.45) is 0 Å². The number of methoxy groups -OCH3 is 1. The molecule has 0 aliphatic carbocycles. The molecule has 1 aromatic heterocycles. The molecule has 198 valence electrons. The van der Waals surface area contributed by atoms with Crippen molar-refractivity contribution in [3.63, 3.8) is 0 Å². The zero-order valence-electron chi connectivity index (χ0n) is 21.7. The van der Waals surface area contributed by atoms with E-state index in [0.717, 1.165) is 39.8 Å². The van der Waals surface area contributed by atoms with Gasteiger partial charge in [-0.3, -0.25) is 0 Å². The molecule has 0 radical (unpaired) electrons. The molecule has 0 saturated carbocycles. The van der Waals surface area contributed by atoms with Crippen LogP contribution in [0.4, 0.5) is 5.69 Å². The monoisotopic (exact) mass is 531 g/mol. The first kappa shape index (κ1) is 26.0. The summed E-state index contributed by atoms with van der Waals surface area (Å²) in [7, 11) is -1.96. The Balaban J connectivity index is 1.26. The maximum Gasteiger partial charge on any atom is 0.279 e. The molecule has 1 aliphatic heterocycles. The van der Waals surface area contributed by atoms with Gasteiger partial charge in [-0.15, -0.1) is 0 Å². The Labute approximate surface area is 224 Å². The second-order valence-electron chi connectivity index (χ2n) is 9.32. The standard InChI is InChI=1S/C29H33N5O3S/c1-22-8-6-7-11-27(22)33-18-20-34(21-19-33)38(35,36)30-17-16-26-28(23-12-14-25(37-2)15-13-23)32-29(31-26)24-9-4-3-5-10-24/h3-15,30H,16-21H2,1-2H3,(H,31,32). The summed E-state index contributed by atoms with van der Waals surface area (Å²) in [6.07, 6.45) is 0.451. The summed E-state index contributed by atoms with van der Waals surface area (Å²) in [4.78, 5) is 10.5. The van der Waals surface area contributed by atoms with Gasteiger partial charge in [-0.25, -0.2) is 9.71 Å². The minimum absolute atomic E-state index is 0.253. The van der Waals surface area contributed by atoms with Gasteiger partial charge >= 0.3 is 0 Å². The van der Waals surface area contributed by atoms with E-state index in [1.165, 1.54) is 9.87 Å². The maximum absolute atomic E-state index is 13.1. The van der Waals surface area contributed by atoms with Gasteiger partial charge in [0.15, 0.2) is 0 Å². The fourth-order valence-electron chi connectivity index (χ4n) is 4.80. The second-order valence-corrected chi connectivity index (χ2v) is 11.1. The second kappa shape index (κ2) is 11.4. The number of ether oxygens (including phenoxy) is 1. The Morgan fingerprint density at radius 1 is 0.895 bits per heavy atom. The van der Waals surface area contributed by atoms with Crippen molar-refractivity contribution >= 4 is 15.9 Å². The Bertz CT molecular complexity index is 1460. The molecule has 1 fully saturated rings. The summed E-state index contributed by atoms with van der Waals surface area (Å²) >= 11 is 0. The third-order valence-electron chi connectivity index (χ3n) is 6.89. The average molecular weight is 532 g/mol. The number of hydrogen-bond donors (Lipinski definition) is 2. The summed E-state index contributed by atoms with van der Waals surface area (Å²) < 4.78 is 35.8. The van der Waals surface area contributed by atoms with E-state index < -0.39 is 10.2 Å². The van der Waals surface area contributed by atoms with Gasteiger partial charge in [-0.2, -0.15) is 12.7 Å². The third-order valence-corrected chi connectivity index (χ3v) is 8.50. The average Bonchev–Trinajstić information content (AvgIpc) is 3.38. The Hall–Kier alpha value is -3.66. The largest absolute Gasteiger partial charge is 0.497 e. The summed E-state index contributed by atoms with van der Waals surface area (Å²) in [5, 5.41) is 0. The molecule has 2 N–H and O–H groups in total. The minimum atomic E-state index is -3.60. The highest BCUT2D eigenvalue weighted by atomic mass is 32.2. The maximum atomic E-state index is 13.1. The zero-order valence-corrected chi connectivity index (χ0v) is 22.5. The highest BCUT2D eigenvalue weighted by Crippen LogP contribution is 2.28. The van der Waals surface area contributed by atoms with Crippen LogP contribution in [0.25, 0.3) is 22.6 Å². The van der Waals surface area contributed by atoms with Crippen LogP contribution in [-0.2, 0) is 16.6 Å². The molecule has 4 aromatic rings. The van der Waals surface area contributed by atoms with Crippen LogP contribution in [0.5, 0.6) is 5.75 Å². The first-order valence-electron chi connectivity index (χ1n) is 12.8. The predicted molar refractivity (Wildman–Crippen MR) is 152 cm³/mol. The summed E-state index contributed by atoms with van der Waals surface area (Å²) in [5.41, 5.74) is 5.98. The number of nitrogens with zero attached hydrogens (tertiary/aromatic N) is 3. The van der Waals surface area contributed by atoms with Gasteiger partial charge in [-0.1, -0.05) is 48.5 Å². The Kier molecular flexibility index (Phi) is 7.78. The van der Waals surface area contributed by atoms with Crippen molar-refractivity contribution in [3.8, 4) is 28.4 Å². The van der Waals surface area contributed by atoms with Crippen LogP contribution in [0.2, 0.25) is 0 Å². The SMILES string of the molecule is COc1ccc(-c2[nH]c(-c3ccccc3)nc2CCNS(=O)(=O)N2CCN(c3ccccc3C)CC2)cc1. The number of nitrogens with one attached hydrogen (secondary N) is 2. The van der Waals surface area contributed by atoms with Gasteiger partial charge in [0.2, 0.25) is 0 Å². The molecule has 0 bridgehead atoms.